The van der Waals surface area contributed by atoms with Crippen molar-refractivity contribution < 1.29 is 33.9 Å². The van der Waals surface area contributed by atoms with E-state index in [-0.39, 0.29) is 30.5 Å². The monoisotopic (exact) mass is 234 g/mol. The van der Waals surface area contributed by atoms with Gasteiger partial charge in [0, 0.05) is 30.9 Å². The molecule has 0 aliphatic carbocycles. The molecule has 1 aromatic heterocycles. The molecule has 5 nitrogen and oxygen atoms in total. The Morgan fingerprint density at radius 2 is 2.38 bits per heavy atom. The van der Waals surface area contributed by atoms with Gasteiger partial charge in [-0.1, -0.05) is 0 Å². The number of carboxylic acid groups (broad SMARTS) is 1. The minimum absolute atomic E-state index is 0. The molecule has 7 heteroatoms. The molecule has 82 valence electrons. The van der Waals surface area contributed by atoms with E-state index in [1.165, 1.54) is 11.3 Å². The molecule has 0 bridgehead atoms. The second-order valence-electron chi connectivity index (χ2n) is 3.43. The number of rotatable bonds is 3. The van der Waals surface area contributed by atoms with Crippen LogP contribution in [-0.2, 0) is 13.0 Å². The molecule has 2 rings (SSSR count). The zero-order valence-electron chi connectivity index (χ0n) is 9.10. The van der Waals surface area contributed by atoms with Gasteiger partial charge in [-0.15, -0.1) is 11.3 Å². The number of hydrogen-bond donors (Lipinski definition) is 1. The average Bonchev–Trinajstić information content (AvgIpc) is 2.61. The average molecular weight is 234 g/mol. The van der Waals surface area contributed by atoms with Crippen molar-refractivity contribution in [1.29, 1.82) is 0 Å². The van der Waals surface area contributed by atoms with Gasteiger partial charge in [-0.25, -0.2) is 4.98 Å². The molecule has 0 radical (unpaired) electrons. The van der Waals surface area contributed by atoms with E-state index in [2.05, 4.69) is 9.88 Å². The molecule has 1 aliphatic rings. The molecule has 0 saturated heterocycles. The van der Waals surface area contributed by atoms with Crippen LogP contribution >= 0.6 is 11.3 Å². The summed E-state index contributed by atoms with van der Waals surface area (Å²) in [5.41, 5.74) is 0.869. The van der Waals surface area contributed by atoms with Crippen LogP contribution in [0.4, 0.5) is 0 Å². The van der Waals surface area contributed by atoms with Gasteiger partial charge in [-0.05, 0) is 0 Å². The number of nitrogens with zero attached hydrogens (tertiary/aromatic N) is 2. The fourth-order valence-electron chi connectivity index (χ4n) is 1.67. The molecule has 0 aromatic carbocycles. The second-order valence-corrected chi connectivity index (χ2v) is 4.51. The molecule has 2 heterocycles. The van der Waals surface area contributed by atoms with Gasteiger partial charge in [0.25, 0.3) is 0 Å². The van der Waals surface area contributed by atoms with Crippen molar-refractivity contribution in [3.8, 4) is 0 Å². The number of carbonyl (C=O) groups is 1. The molecule has 1 aliphatic heterocycles. The number of thiazole rings is 1. The molecule has 16 heavy (non-hydrogen) atoms. The first-order valence-corrected chi connectivity index (χ1v) is 5.55. The number of β-amino-alcohol motifs (C(OH)–C–C–N with tert-alkyl or cyclic N) is 1. The van der Waals surface area contributed by atoms with Gasteiger partial charge >= 0.3 is 18.9 Å². The molecule has 0 unspecified atom stereocenters. The Hall–Kier alpha value is -0.383. The van der Waals surface area contributed by atoms with Crippen molar-refractivity contribution in [3.63, 3.8) is 0 Å². The number of aromatic nitrogens is 1. The summed E-state index contributed by atoms with van der Waals surface area (Å²) in [6.45, 7) is 2.25. The van der Waals surface area contributed by atoms with E-state index in [4.69, 9.17) is 5.11 Å². The topological polar surface area (TPSA) is 76.5 Å². The van der Waals surface area contributed by atoms with Crippen LogP contribution in [0.5, 0.6) is 0 Å². The largest absolute Gasteiger partial charge is 1.00 e. The summed E-state index contributed by atoms with van der Waals surface area (Å²) < 4.78 is 0. The maximum atomic E-state index is 10.6. The van der Waals surface area contributed by atoms with Crippen LogP contribution in [0.15, 0.2) is 0 Å². The minimum Gasteiger partial charge on any atom is -0.542 e. The van der Waals surface area contributed by atoms with Gasteiger partial charge < -0.3 is 15.0 Å². The Morgan fingerprint density at radius 1 is 1.62 bits per heavy atom. The van der Waals surface area contributed by atoms with Crippen LogP contribution in [0.2, 0.25) is 0 Å². The van der Waals surface area contributed by atoms with E-state index in [0.717, 1.165) is 23.5 Å². The molecule has 0 fully saturated rings. The number of aromatic carboxylic acids is 1. The van der Waals surface area contributed by atoms with E-state index in [0.29, 0.717) is 13.1 Å². The van der Waals surface area contributed by atoms with Crippen molar-refractivity contribution >= 4 is 17.3 Å². The Morgan fingerprint density at radius 3 is 3.00 bits per heavy atom. The minimum atomic E-state index is -1.21. The number of carbonyl (C=O) groups excluding carboxylic acids is 1. The van der Waals surface area contributed by atoms with E-state index in [1.54, 1.807) is 0 Å². The zero-order valence-corrected chi connectivity index (χ0v) is 9.92. The quantitative estimate of drug-likeness (QED) is 0.537. The molecule has 0 spiro atoms. The summed E-state index contributed by atoms with van der Waals surface area (Å²) in [7, 11) is 0. The maximum Gasteiger partial charge on any atom is 1.00 e. The standard InChI is InChI=1S/C9H12N2O3S.Li/c12-4-3-11-2-1-6-7(5-11)15-8(10-6)9(13)14;/h12H,1-5H2,(H,13,14);/q;+1/p-1. The summed E-state index contributed by atoms with van der Waals surface area (Å²) in [5, 5.41) is 19.5. The van der Waals surface area contributed by atoms with Crippen LogP contribution in [-0.4, -0.2) is 40.7 Å². The van der Waals surface area contributed by atoms with Gasteiger partial charge in [0.05, 0.1) is 12.3 Å². The fourth-order valence-corrected chi connectivity index (χ4v) is 2.65. The number of aliphatic hydroxyl groups is 1. The van der Waals surface area contributed by atoms with E-state index in [1.807, 2.05) is 0 Å². The van der Waals surface area contributed by atoms with Crippen molar-refractivity contribution in [3.05, 3.63) is 15.6 Å². The van der Waals surface area contributed by atoms with Crippen LogP contribution in [0.1, 0.15) is 20.4 Å². The Labute approximate surface area is 109 Å². The smallest absolute Gasteiger partial charge is 0.542 e. The SMILES string of the molecule is O=C([O-])c1nc2c(s1)CN(CCO)CC2.[Li+]. The third-order valence-corrected chi connectivity index (χ3v) is 3.46. The number of fused-ring (bicyclic) bond motifs is 1. The van der Waals surface area contributed by atoms with E-state index >= 15 is 0 Å². The van der Waals surface area contributed by atoms with Crippen LogP contribution in [0.25, 0.3) is 0 Å². The Bertz CT molecular complexity index is 383. The zero-order chi connectivity index (χ0) is 10.8. The molecular formula is C9H11LiN2O3S. The molecule has 0 atom stereocenters. The van der Waals surface area contributed by atoms with Crippen LogP contribution in [0.3, 0.4) is 0 Å². The molecule has 1 aromatic rings. The van der Waals surface area contributed by atoms with Crippen molar-refractivity contribution in [1.82, 2.24) is 9.88 Å². The first kappa shape index (κ1) is 13.7. The van der Waals surface area contributed by atoms with Gasteiger partial charge in [0.1, 0.15) is 11.0 Å². The normalized spacial score (nSPS) is 15.3. The molecule has 0 amide bonds. The molecular weight excluding hydrogens is 223 g/mol. The summed E-state index contributed by atoms with van der Waals surface area (Å²) in [6, 6.07) is 0. The first-order chi connectivity index (χ1) is 7.20. The third-order valence-electron chi connectivity index (χ3n) is 2.40. The molecule has 1 N–H and O–H groups in total. The predicted molar refractivity (Wildman–Crippen MR) is 52.5 cm³/mol. The van der Waals surface area contributed by atoms with Crippen molar-refractivity contribution in [2.24, 2.45) is 0 Å². The second kappa shape index (κ2) is 5.80. The van der Waals surface area contributed by atoms with E-state index in [9.17, 15) is 9.90 Å². The van der Waals surface area contributed by atoms with Crippen molar-refractivity contribution in [2.75, 3.05) is 19.7 Å². The summed E-state index contributed by atoms with van der Waals surface area (Å²) in [5.74, 6) is -1.21. The van der Waals surface area contributed by atoms with Gasteiger partial charge in [0.2, 0.25) is 0 Å². The fraction of sp³-hybridized carbons (Fsp3) is 0.556. The van der Waals surface area contributed by atoms with Crippen LogP contribution in [0, 0.1) is 0 Å². The summed E-state index contributed by atoms with van der Waals surface area (Å²) in [4.78, 5) is 17.7. The van der Waals surface area contributed by atoms with Gasteiger partial charge in [-0.2, -0.15) is 0 Å². The Balaban J connectivity index is 0.00000128. The predicted octanol–water partition coefficient (Wildman–Crippen LogP) is -4.14. The first-order valence-electron chi connectivity index (χ1n) is 4.74. The Kier molecular flexibility index (Phi) is 4.96. The van der Waals surface area contributed by atoms with E-state index < -0.39 is 5.97 Å². The third kappa shape index (κ3) is 2.84. The number of hydrogen-bond acceptors (Lipinski definition) is 6. The van der Waals surface area contributed by atoms with Gasteiger partial charge in [-0.3, -0.25) is 4.90 Å². The maximum absolute atomic E-state index is 10.6. The van der Waals surface area contributed by atoms with Crippen LogP contribution < -0.4 is 24.0 Å². The number of carboxylic acids is 1. The van der Waals surface area contributed by atoms with Gasteiger partial charge in [0.15, 0.2) is 0 Å². The molecule has 0 saturated carbocycles. The van der Waals surface area contributed by atoms with Crippen molar-refractivity contribution in [2.45, 2.75) is 13.0 Å². The summed E-state index contributed by atoms with van der Waals surface area (Å²) in [6.07, 6.45) is 0.749. The number of aliphatic hydroxyl groups excluding tert-OH is 1. The summed E-state index contributed by atoms with van der Waals surface area (Å²) >= 11 is 1.18.